The van der Waals surface area contributed by atoms with E-state index in [1.807, 2.05) is 18.2 Å². The maximum absolute atomic E-state index is 5.88. The van der Waals surface area contributed by atoms with E-state index in [9.17, 15) is 0 Å². The molecule has 1 fully saturated rings. The zero-order valence-corrected chi connectivity index (χ0v) is 12.3. The third-order valence-electron chi connectivity index (χ3n) is 2.93. The average Bonchev–Trinajstić information content (AvgIpc) is 3.26. The zero-order chi connectivity index (χ0) is 13.9. The van der Waals surface area contributed by atoms with Gasteiger partial charge in [-0.25, -0.2) is 9.97 Å². The molecule has 0 unspecified atom stereocenters. The molecule has 104 valence electrons. The molecule has 1 aliphatic rings. The van der Waals surface area contributed by atoms with Gasteiger partial charge in [0.2, 0.25) is 5.88 Å². The van der Waals surface area contributed by atoms with Crippen LogP contribution in [0.1, 0.15) is 12.8 Å². The number of nitrogens with two attached hydrogens (primary N) is 1. The molecule has 0 amide bonds. The maximum atomic E-state index is 5.88. The van der Waals surface area contributed by atoms with Crippen LogP contribution in [0.5, 0.6) is 5.88 Å². The number of hydrogen-bond donors (Lipinski definition) is 1. The molecule has 2 aromatic rings. The number of rotatable bonds is 5. The summed E-state index contributed by atoms with van der Waals surface area (Å²) in [7, 11) is 0. The first kappa shape index (κ1) is 13.5. The third-order valence-corrected chi connectivity index (χ3v) is 4.04. The molecule has 0 aromatic carbocycles. The van der Waals surface area contributed by atoms with Gasteiger partial charge >= 0.3 is 0 Å². The molecule has 2 aromatic heterocycles. The van der Waals surface area contributed by atoms with Crippen LogP contribution in [0.4, 0.5) is 5.69 Å². The standard InChI is InChI=1S/C14H14ClN3OS/c15-10-3-5-12(17-7-10)20-13-6-4-11(16)14(18-13)19-8-9-1-2-9/h3-7,9H,1-2,8,16H2. The third kappa shape index (κ3) is 3.55. The molecule has 0 saturated heterocycles. The fourth-order valence-corrected chi connectivity index (χ4v) is 2.45. The number of nitrogens with zero attached hydrogens (tertiary/aromatic N) is 2. The molecule has 6 heteroatoms. The molecule has 0 atom stereocenters. The van der Waals surface area contributed by atoms with Gasteiger partial charge in [0.05, 0.1) is 17.3 Å². The minimum Gasteiger partial charge on any atom is -0.476 e. The van der Waals surface area contributed by atoms with Gasteiger partial charge in [0.1, 0.15) is 10.1 Å². The number of aromatic nitrogens is 2. The molecule has 0 aliphatic heterocycles. The van der Waals surface area contributed by atoms with Gasteiger partial charge in [-0.05, 0) is 54.8 Å². The predicted octanol–water partition coefficient (Wildman–Crippen LogP) is 3.65. The van der Waals surface area contributed by atoms with Crippen molar-refractivity contribution in [2.24, 2.45) is 5.92 Å². The number of nitrogen functional groups attached to an aromatic ring is 1. The van der Waals surface area contributed by atoms with Gasteiger partial charge in [-0.1, -0.05) is 11.6 Å². The molecule has 4 nitrogen and oxygen atoms in total. The van der Waals surface area contributed by atoms with Crippen LogP contribution in [0.25, 0.3) is 0 Å². The molecular formula is C14H14ClN3OS. The van der Waals surface area contributed by atoms with E-state index >= 15 is 0 Å². The molecule has 0 radical (unpaired) electrons. The first-order valence-corrected chi connectivity index (χ1v) is 7.59. The Bertz CT molecular complexity index is 602. The fourth-order valence-electron chi connectivity index (χ4n) is 1.62. The molecule has 0 spiro atoms. The largest absolute Gasteiger partial charge is 0.476 e. The van der Waals surface area contributed by atoms with Crippen LogP contribution in [0.2, 0.25) is 5.02 Å². The Morgan fingerprint density at radius 3 is 2.75 bits per heavy atom. The number of hydrogen-bond acceptors (Lipinski definition) is 5. The fraction of sp³-hybridized carbons (Fsp3) is 0.286. The van der Waals surface area contributed by atoms with Gasteiger partial charge in [0.25, 0.3) is 0 Å². The average molecular weight is 308 g/mol. The van der Waals surface area contributed by atoms with E-state index in [4.69, 9.17) is 22.1 Å². The summed E-state index contributed by atoms with van der Waals surface area (Å²) < 4.78 is 5.67. The van der Waals surface area contributed by atoms with Crippen molar-refractivity contribution in [2.45, 2.75) is 22.9 Å². The normalized spacial score (nSPS) is 14.2. The van der Waals surface area contributed by atoms with Crippen molar-refractivity contribution in [3.8, 4) is 5.88 Å². The van der Waals surface area contributed by atoms with Gasteiger partial charge in [-0.15, -0.1) is 0 Å². The Kier molecular flexibility index (Phi) is 3.98. The maximum Gasteiger partial charge on any atom is 0.238 e. The molecule has 1 saturated carbocycles. The molecule has 0 bridgehead atoms. The smallest absolute Gasteiger partial charge is 0.238 e. The van der Waals surface area contributed by atoms with Crippen molar-refractivity contribution in [1.29, 1.82) is 0 Å². The summed E-state index contributed by atoms with van der Waals surface area (Å²) in [6, 6.07) is 7.34. The first-order chi connectivity index (χ1) is 9.70. The second-order valence-electron chi connectivity index (χ2n) is 4.71. The highest BCUT2D eigenvalue weighted by atomic mass is 35.5. The molecule has 2 heterocycles. The summed E-state index contributed by atoms with van der Waals surface area (Å²) >= 11 is 7.27. The minimum atomic E-state index is 0.510. The van der Waals surface area contributed by atoms with Gasteiger partial charge < -0.3 is 10.5 Å². The van der Waals surface area contributed by atoms with Gasteiger partial charge in [0, 0.05) is 6.20 Å². The number of anilines is 1. The second kappa shape index (κ2) is 5.89. The van der Waals surface area contributed by atoms with E-state index in [2.05, 4.69) is 9.97 Å². The van der Waals surface area contributed by atoms with Gasteiger partial charge in [-0.3, -0.25) is 0 Å². The van der Waals surface area contributed by atoms with Crippen LogP contribution >= 0.6 is 23.4 Å². The van der Waals surface area contributed by atoms with Crippen LogP contribution in [0.15, 0.2) is 40.5 Å². The van der Waals surface area contributed by atoms with Crippen LogP contribution in [-0.4, -0.2) is 16.6 Å². The van der Waals surface area contributed by atoms with E-state index in [0.29, 0.717) is 29.1 Å². The van der Waals surface area contributed by atoms with E-state index < -0.39 is 0 Å². The predicted molar refractivity (Wildman–Crippen MR) is 80.2 cm³/mol. The summed E-state index contributed by atoms with van der Waals surface area (Å²) in [5.41, 5.74) is 6.45. The lowest BCUT2D eigenvalue weighted by molar-refractivity contribution is 0.288. The van der Waals surface area contributed by atoms with Crippen molar-refractivity contribution in [2.75, 3.05) is 12.3 Å². The molecule has 2 N–H and O–H groups in total. The molecule has 1 aliphatic carbocycles. The van der Waals surface area contributed by atoms with Crippen molar-refractivity contribution in [3.05, 3.63) is 35.5 Å². The summed E-state index contributed by atoms with van der Waals surface area (Å²) in [4.78, 5) is 8.66. The van der Waals surface area contributed by atoms with Gasteiger partial charge in [0.15, 0.2) is 0 Å². The Morgan fingerprint density at radius 1 is 1.25 bits per heavy atom. The highest BCUT2D eigenvalue weighted by Gasteiger charge is 2.22. The monoisotopic (exact) mass is 307 g/mol. The van der Waals surface area contributed by atoms with Crippen LogP contribution in [0.3, 0.4) is 0 Å². The van der Waals surface area contributed by atoms with E-state index in [1.165, 1.54) is 24.6 Å². The Morgan fingerprint density at radius 2 is 2.05 bits per heavy atom. The van der Waals surface area contributed by atoms with Crippen LogP contribution in [0, 0.1) is 5.92 Å². The quantitative estimate of drug-likeness (QED) is 0.913. The first-order valence-electron chi connectivity index (χ1n) is 6.39. The lowest BCUT2D eigenvalue weighted by Gasteiger charge is -2.08. The topological polar surface area (TPSA) is 61.0 Å². The minimum absolute atomic E-state index is 0.510. The van der Waals surface area contributed by atoms with Gasteiger partial charge in [-0.2, -0.15) is 0 Å². The lowest BCUT2D eigenvalue weighted by Crippen LogP contribution is -2.04. The van der Waals surface area contributed by atoms with E-state index in [-0.39, 0.29) is 0 Å². The Hall–Kier alpha value is -1.46. The molecule has 3 rings (SSSR count). The van der Waals surface area contributed by atoms with E-state index in [0.717, 1.165) is 10.1 Å². The number of pyridine rings is 2. The van der Waals surface area contributed by atoms with Crippen LogP contribution < -0.4 is 10.5 Å². The Balaban J connectivity index is 1.71. The SMILES string of the molecule is Nc1ccc(Sc2ccc(Cl)cn2)nc1OCC1CC1. The Labute approximate surface area is 126 Å². The number of halogens is 1. The summed E-state index contributed by atoms with van der Waals surface area (Å²) in [5.74, 6) is 1.18. The van der Waals surface area contributed by atoms with Crippen molar-refractivity contribution in [1.82, 2.24) is 9.97 Å². The zero-order valence-electron chi connectivity index (χ0n) is 10.8. The highest BCUT2D eigenvalue weighted by Crippen LogP contribution is 2.32. The highest BCUT2D eigenvalue weighted by molar-refractivity contribution is 7.99. The summed E-state index contributed by atoms with van der Waals surface area (Å²) in [6.45, 7) is 0.699. The van der Waals surface area contributed by atoms with E-state index in [1.54, 1.807) is 12.3 Å². The van der Waals surface area contributed by atoms with Crippen molar-refractivity contribution >= 4 is 29.1 Å². The van der Waals surface area contributed by atoms with Crippen LogP contribution in [-0.2, 0) is 0 Å². The molecular weight excluding hydrogens is 294 g/mol. The summed E-state index contributed by atoms with van der Waals surface area (Å²) in [5, 5.41) is 2.26. The molecule has 20 heavy (non-hydrogen) atoms. The lowest BCUT2D eigenvalue weighted by atomic mass is 10.4. The second-order valence-corrected chi connectivity index (χ2v) is 6.19. The van der Waals surface area contributed by atoms with Crippen molar-refractivity contribution in [3.63, 3.8) is 0 Å². The summed E-state index contributed by atoms with van der Waals surface area (Å²) in [6.07, 6.45) is 4.10. The van der Waals surface area contributed by atoms with Crippen molar-refractivity contribution < 1.29 is 4.74 Å². The number of ether oxygens (including phenoxy) is 1.